The number of carboxylic acids is 1. The monoisotopic (exact) mass is 291 g/mol. The standard InChI is InChI=1S/C16H21NO4/c1-3-17(11(2)16(19)20)15(18)10-12-6-7-14-13(9-12)5-4-8-21-14/h6-7,9,11H,3-5,8,10H2,1-2H3,(H,19,20). The summed E-state index contributed by atoms with van der Waals surface area (Å²) >= 11 is 0. The predicted molar refractivity (Wildman–Crippen MR) is 78.4 cm³/mol. The molecule has 1 atom stereocenters. The van der Waals surface area contributed by atoms with Gasteiger partial charge in [0.05, 0.1) is 13.0 Å². The van der Waals surface area contributed by atoms with Gasteiger partial charge in [-0.2, -0.15) is 0 Å². The van der Waals surface area contributed by atoms with Crippen LogP contribution in [0.4, 0.5) is 0 Å². The topological polar surface area (TPSA) is 66.8 Å². The Hall–Kier alpha value is -2.04. The van der Waals surface area contributed by atoms with Crippen LogP contribution in [0.15, 0.2) is 18.2 Å². The van der Waals surface area contributed by atoms with Gasteiger partial charge in [0, 0.05) is 6.54 Å². The zero-order valence-corrected chi connectivity index (χ0v) is 12.5. The van der Waals surface area contributed by atoms with E-state index in [1.165, 1.54) is 11.8 Å². The second-order valence-electron chi connectivity index (χ2n) is 5.26. The molecule has 1 aromatic carbocycles. The molecule has 0 saturated heterocycles. The quantitative estimate of drug-likeness (QED) is 0.899. The minimum absolute atomic E-state index is 0.163. The van der Waals surface area contributed by atoms with E-state index in [9.17, 15) is 9.59 Å². The first-order chi connectivity index (χ1) is 10.0. The molecule has 0 bridgehead atoms. The van der Waals surface area contributed by atoms with Crippen molar-refractivity contribution in [2.45, 2.75) is 39.2 Å². The lowest BCUT2D eigenvalue weighted by molar-refractivity contribution is -0.149. The number of carbonyl (C=O) groups is 2. The second kappa shape index (κ2) is 6.61. The first-order valence-electron chi connectivity index (χ1n) is 7.29. The number of nitrogens with zero attached hydrogens (tertiary/aromatic N) is 1. The molecular weight excluding hydrogens is 270 g/mol. The molecule has 0 spiro atoms. The normalized spacial score (nSPS) is 14.8. The second-order valence-corrected chi connectivity index (χ2v) is 5.26. The maximum absolute atomic E-state index is 12.3. The van der Waals surface area contributed by atoms with E-state index in [0.29, 0.717) is 6.54 Å². The fraction of sp³-hybridized carbons (Fsp3) is 0.500. The summed E-state index contributed by atoms with van der Waals surface area (Å²) in [5.74, 6) is -0.253. The third-order valence-corrected chi connectivity index (χ3v) is 3.81. The van der Waals surface area contributed by atoms with Crippen LogP contribution in [0.5, 0.6) is 5.75 Å². The Kier molecular flexibility index (Phi) is 4.83. The fourth-order valence-electron chi connectivity index (χ4n) is 2.60. The van der Waals surface area contributed by atoms with Crippen LogP contribution in [-0.2, 0) is 22.4 Å². The lowest BCUT2D eigenvalue weighted by atomic mass is 10.0. The molecule has 1 aliphatic rings. The van der Waals surface area contributed by atoms with E-state index in [-0.39, 0.29) is 12.3 Å². The highest BCUT2D eigenvalue weighted by Crippen LogP contribution is 2.25. The van der Waals surface area contributed by atoms with Crippen molar-refractivity contribution in [1.29, 1.82) is 0 Å². The number of fused-ring (bicyclic) bond motifs is 1. The van der Waals surface area contributed by atoms with Crippen molar-refractivity contribution in [3.63, 3.8) is 0 Å². The summed E-state index contributed by atoms with van der Waals surface area (Å²) in [6.07, 6.45) is 2.17. The van der Waals surface area contributed by atoms with Gasteiger partial charge in [0.2, 0.25) is 5.91 Å². The zero-order valence-electron chi connectivity index (χ0n) is 12.5. The van der Waals surface area contributed by atoms with E-state index < -0.39 is 12.0 Å². The number of amides is 1. The number of carbonyl (C=O) groups excluding carboxylic acids is 1. The molecule has 0 fully saturated rings. The Bertz CT molecular complexity index is 541. The molecule has 5 heteroatoms. The number of rotatable bonds is 5. The number of carboxylic acid groups (broad SMARTS) is 1. The molecule has 0 radical (unpaired) electrons. The molecule has 21 heavy (non-hydrogen) atoms. The van der Waals surface area contributed by atoms with Crippen LogP contribution in [0.25, 0.3) is 0 Å². The van der Waals surface area contributed by atoms with Crippen molar-refractivity contribution in [2.75, 3.05) is 13.2 Å². The van der Waals surface area contributed by atoms with Gasteiger partial charge in [0.25, 0.3) is 0 Å². The lowest BCUT2D eigenvalue weighted by Crippen LogP contribution is -2.43. The number of aryl methyl sites for hydroxylation is 1. The minimum Gasteiger partial charge on any atom is -0.493 e. The summed E-state index contributed by atoms with van der Waals surface area (Å²) < 4.78 is 5.55. The van der Waals surface area contributed by atoms with Gasteiger partial charge in [-0.25, -0.2) is 4.79 Å². The molecule has 1 heterocycles. The smallest absolute Gasteiger partial charge is 0.326 e. The van der Waals surface area contributed by atoms with Gasteiger partial charge < -0.3 is 14.7 Å². The Balaban J connectivity index is 2.09. The molecule has 5 nitrogen and oxygen atoms in total. The Morgan fingerprint density at radius 2 is 2.19 bits per heavy atom. The summed E-state index contributed by atoms with van der Waals surface area (Å²) in [6, 6.07) is 4.96. The average Bonchev–Trinajstić information content (AvgIpc) is 2.47. The molecule has 0 aliphatic carbocycles. The molecule has 1 N–H and O–H groups in total. The molecular formula is C16H21NO4. The van der Waals surface area contributed by atoms with Gasteiger partial charge in [-0.05, 0) is 43.9 Å². The fourth-order valence-corrected chi connectivity index (χ4v) is 2.60. The molecule has 0 aromatic heterocycles. The number of ether oxygens (including phenoxy) is 1. The van der Waals surface area contributed by atoms with Crippen molar-refractivity contribution >= 4 is 11.9 Å². The number of hydrogen-bond acceptors (Lipinski definition) is 3. The highest BCUT2D eigenvalue weighted by atomic mass is 16.5. The maximum atomic E-state index is 12.3. The molecule has 1 aliphatic heterocycles. The summed E-state index contributed by atoms with van der Waals surface area (Å²) in [6.45, 7) is 4.45. The van der Waals surface area contributed by atoms with E-state index in [0.717, 1.165) is 36.3 Å². The highest BCUT2D eigenvalue weighted by molar-refractivity contribution is 5.84. The van der Waals surface area contributed by atoms with Gasteiger partial charge in [-0.1, -0.05) is 12.1 Å². The summed E-state index contributed by atoms with van der Waals surface area (Å²) in [5, 5.41) is 9.05. The van der Waals surface area contributed by atoms with Crippen molar-refractivity contribution in [3.05, 3.63) is 29.3 Å². The first kappa shape index (κ1) is 15.4. The largest absolute Gasteiger partial charge is 0.493 e. The van der Waals surface area contributed by atoms with Gasteiger partial charge in [0.1, 0.15) is 11.8 Å². The number of hydrogen-bond donors (Lipinski definition) is 1. The number of likely N-dealkylation sites (N-methyl/N-ethyl adjacent to an activating group) is 1. The van der Waals surface area contributed by atoms with Crippen molar-refractivity contribution in [2.24, 2.45) is 0 Å². The van der Waals surface area contributed by atoms with Gasteiger partial charge in [0.15, 0.2) is 0 Å². The Morgan fingerprint density at radius 1 is 1.43 bits per heavy atom. The summed E-state index contributed by atoms with van der Waals surface area (Å²) in [5.41, 5.74) is 2.03. The average molecular weight is 291 g/mol. The molecule has 1 unspecified atom stereocenters. The lowest BCUT2D eigenvalue weighted by Gasteiger charge is -2.25. The number of aliphatic carboxylic acids is 1. The Morgan fingerprint density at radius 3 is 2.86 bits per heavy atom. The maximum Gasteiger partial charge on any atom is 0.326 e. The summed E-state index contributed by atoms with van der Waals surface area (Å²) in [4.78, 5) is 24.7. The van der Waals surface area contributed by atoms with Crippen LogP contribution < -0.4 is 4.74 Å². The van der Waals surface area contributed by atoms with E-state index in [2.05, 4.69) is 0 Å². The van der Waals surface area contributed by atoms with Crippen LogP contribution in [0.1, 0.15) is 31.4 Å². The molecule has 114 valence electrons. The van der Waals surface area contributed by atoms with E-state index in [4.69, 9.17) is 9.84 Å². The molecule has 1 aromatic rings. The first-order valence-corrected chi connectivity index (χ1v) is 7.29. The SMILES string of the molecule is CCN(C(=O)Cc1ccc2c(c1)CCCO2)C(C)C(=O)O. The van der Waals surface area contributed by atoms with Gasteiger partial charge in [-0.15, -0.1) is 0 Å². The third-order valence-electron chi connectivity index (χ3n) is 3.81. The number of benzene rings is 1. The van der Waals surface area contributed by atoms with Crippen LogP contribution >= 0.6 is 0 Å². The van der Waals surface area contributed by atoms with Crippen molar-refractivity contribution < 1.29 is 19.4 Å². The van der Waals surface area contributed by atoms with E-state index >= 15 is 0 Å². The zero-order chi connectivity index (χ0) is 15.4. The van der Waals surface area contributed by atoms with Crippen LogP contribution in [0.2, 0.25) is 0 Å². The van der Waals surface area contributed by atoms with Crippen LogP contribution in [0, 0.1) is 0 Å². The van der Waals surface area contributed by atoms with E-state index in [1.807, 2.05) is 18.2 Å². The summed E-state index contributed by atoms with van der Waals surface area (Å²) in [7, 11) is 0. The molecule has 0 saturated carbocycles. The van der Waals surface area contributed by atoms with E-state index in [1.54, 1.807) is 6.92 Å². The highest BCUT2D eigenvalue weighted by Gasteiger charge is 2.24. The Labute approximate surface area is 124 Å². The third kappa shape index (κ3) is 3.54. The van der Waals surface area contributed by atoms with Crippen LogP contribution in [0.3, 0.4) is 0 Å². The molecule has 2 rings (SSSR count). The minimum atomic E-state index is -0.982. The predicted octanol–water partition coefficient (Wildman–Crippen LogP) is 1.88. The molecule has 1 amide bonds. The van der Waals surface area contributed by atoms with Gasteiger partial charge >= 0.3 is 5.97 Å². The van der Waals surface area contributed by atoms with Crippen molar-refractivity contribution in [1.82, 2.24) is 4.90 Å². The van der Waals surface area contributed by atoms with Crippen LogP contribution in [-0.4, -0.2) is 41.1 Å². The van der Waals surface area contributed by atoms with Crippen molar-refractivity contribution in [3.8, 4) is 5.75 Å². The van der Waals surface area contributed by atoms with Gasteiger partial charge in [-0.3, -0.25) is 4.79 Å².